The smallest absolute Gasteiger partial charge is 0.307 e. The van der Waals surface area contributed by atoms with Gasteiger partial charge in [-0.3, -0.25) is 4.79 Å². The fraction of sp³-hybridized carbons (Fsp3) is 0.857. The molecule has 0 radical (unpaired) electrons. The number of carbonyl (C=O) groups is 1. The van der Waals surface area contributed by atoms with Crippen LogP contribution in [0, 0.1) is 5.92 Å². The number of carboxylic acids is 1. The lowest BCUT2D eigenvalue weighted by atomic mass is 10.0. The molecule has 1 saturated heterocycles. The Bertz CT molecular complexity index is 136. The van der Waals surface area contributed by atoms with Crippen LogP contribution in [-0.2, 0) is 4.79 Å². The first-order valence-electron chi connectivity index (χ1n) is 3.56. The summed E-state index contributed by atoms with van der Waals surface area (Å²) in [6, 6.07) is 0. The van der Waals surface area contributed by atoms with E-state index in [4.69, 9.17) is 5.11 Å². The van der Waals surface area contributed by atoms with E-state index in [0.29, 0.717) is 5.25 Å². The van der Waals surface area contributed by atoms with E-state index in [1.165, 1.54) is 0 Å². The maximum Gasteiger partial charge on any atom is 0.307 e. The highest BCUT2D eigenvalue weighted by Crippen LogP contribution is 2.30. The maximum absolute atomic E-state index is 10.6. The first-order chi connectivity index (χ1) is 4.72. The number of thioether (sulfide) groups is 1. The van der Waals surface area contributed by atoms with E-state index < -0.39 is 5.97 Å². The SMILES string of the molecule is CC1SCCCC1C(=O)O. The lowest BCUT2D eigenvalue weighted by Crippen LogP contribution is -2.27. The second kappa shape index (κ2) is 3.28. The zero-order chi connectivity index (χ0) is 7.56. The molecule has 0 aliphatic carbocycles. The highest BCUT2D eigenvalue weighted by atomic mass is 32.2. The van der Waals surface area contributed by atoms with Crippen LogP contribution < -0.4 is 0 Å². The predicted octanol–water partition coefficient (Wildman–Crippen LogP) is 1.60. The van der Waals surface area contributed by atoms with Crippen molar-refractivity contribution in [2.45, 2.75) is 25.0 Å². The third-order valence-corrected chi connectivity index (χ3v) is 3.30. The van der Waals surface area contributed by atoms with Crippen LogP contribution in [0.3, 0.4) is 0 Å². The van der Waals surface area contributed by atoms with E-state index in [9.17, 15) is 4.79 Å². The second-order valence-electron chi connectivity index (χ2n) is 2.66. The van der Waals surface area contributed by atoms with Crippen molar-refractivity contribution in [2.24, 2.45) is 5.92 Å². The van der Waals surface area contributed by atoms with E-state index in [1.807, 2.05) is 6.92 Å². The minimum Gasteiger partial charge on any atom is -0.481 e. The Labute approximate surface area is 65.0 Å². The van der Waals surface area contributed by atoms with Gasteiger partial charge in [-0.15, -0.1) is 0 Å². The van der Waals surface area contributed by atoms with Crippen LogP contribution in [0.15, 0.2) is 0 Å². The van der Waals surface area contributed by atoms with Gasteiger partial charge in [0.15, 0.2) is 0 Å². The first-order valence-corrected chi connectivity index (χ1v) is 4.61. The van der Waals surface area contributed by atoms with E-state index in [-0.39, 0.29) is 5.92 Å². The molecule has 0 bridgehead atoms. The molecule has 0 saturated carbocycles. The number of hydrogen-bond acceptors (Lipinski definition) is 2. The molecule has 1 aliphatic heterocycles. The Morgan fingerprint density at radius 2 is 2.40 bits per heavy atom. The van der Waals surface area contributed by atoms with Crippen LogP contribution >= 0.6 is 11.8 Å². The average Bonchev–Trinajstić information content (AvgIpc) is 1.88. The standard InChI is InChI=1S/C7H12O2S/c1-5-6(7(8)9)3-2-4-10-5/h5-6H,2-4H2,1H3,(H,8,9). The quantitative estimate of drug-likeness (QED) is 0.633. The Morgan fingerprint density at radius 1 is 1.70 bits per heavy atom. The highest BCUT2D eigenvalue weighted by molar-refractivity contribution is 7.99. The number of aliphatic carboxylic acids is 1. The minimum absolute atomic E-state index is 0.0984. The minimum atomic E-state index is -0.625. The van der Waals surface area contributed by atoms with Crippen molar-refractivity contribution in [3.8, 4) is 0 Å². The summed E-state index contributed by atoms with van der Waals surface area (Å²) >= 11 is 1.77. The molecule has 0 aromatic carbocycles. The van der Waals surface area contributed by atoms with Gasteiger partial charge in [0.25, 0.3) is 0 Å². The fourth-order valence-corrected chi connectivity index (χ4v) is 2.44. The van der Waals surface area contributed by atoms with Crippen LogP contribution in [0.4, 0.5) is 0 Å². The van der Waals surface area contributed by atoms with Crippen molar-refractivity contribution >= 4 is 17.7 Å². The zero-order valence-electron chi connectivity index (χ0n) is 6.04. The van der Waals surface area contributed by atoms with Crippen molar-refractivity contribution in [3.05, 3.63) is 0 Å². The van der Waals surface area contributed by atoms with Crippen LogP contribution in [0.1, 0.15) is 19.8 Å². The van der Waals surface area contributed by atoms with Crippen LogP contribution in [0.5, 0.6) is 0 Å². The van der Waals surface area contributed by atoms with Gasteiger partial charge in [-0.25, -0.2) is 0 Å². The van der Waals surface area contributed by atoms with Crippen molar-refractivity contribution in [1.29, 1.82) is 0 Å². The van der Waals surface area contributed by atoms with E-state index in [2.05, 4.69) is 0 Å². The van der Waals surface area contributed by atoms with Gasteiger partial charge in [-0.2, -0.15) is 11.8 Å². The van der Waals surface area contributed by atoms with Crippen LogP contribution in [0.25, 0.3) is 0 Å². The molecule has 2 atom stereocenters. The molecular formula is C7H12O2S. The fourth-order valence-electron chi connectivity index (χ4n) is 1.25. The van der Waals surface area contributed by atoms with Gasteiger partial charge < -0.3 is 5.11 Å². The Balaban J connectivity index is 2.47. The largest absolute Gasteiger partial charge is 0.481 e. The van der Waals surface area contributed by atoms with Crippen LogP contribution in [-0.4, -0.2) is 22.1 Å². The molecule has 0 amide bonds. The molecule has 1 N–H and O–H groups in total. The van der Waals surface area contributed by atoms with Gasteiger partial charge in [0.1, 0.15) is 0 Å². The molecule has 2 unspecified atom stereocenters. The summed E-state index contributed by atoms with van der Waals surface area (Å²) in [5.74, 6) is 0.406. The molecule has 0 aromatic rings. The number of rotatable bonds is 1. The second-order valence-corrected chi connectivity index (χ2v) is 4.15. The summed E-state index contributed by atoms with van der Waals surface area (Å²) in [6.07, 6.45) is 1.93. The summed E-state index contributed by atoms with van der Waals surface area (Å²) in [5.41, 5.74) is 0. The topological polar surface area (TPSA) is 37.3 Å². The molecule has 3 heteroatoms. The van der Waals surface area contributed by atoms with Crippen molar-refractivity contribution < 1.29 is 9.90 Å². The molecule has 2 nitrogen and oxygen atoms in total. The molecular weight excluding hydrogens is 148 g/mol. The Morgan fingerprint density at radius 3 is 2.80 bits per heavy atom. The van der Waals surface area contributed by atoms with Crippen molar-refractivity contribution in [2.75, 3.05) is 5.75 Å². The third kappa shape index (κ3) is 1.66. The monoisotopic (exact) mass is 160 g/mol. The van der Waals surface area contributed by atoms with E-state index >= 15 is 0 Å². The van der Waals surface area contributed by atoms with Gasteiger partial charge in [0.05, 0.1) is 5.92 Å². The van der Waals surface area contributed by atoms with Crippen molar-refractivity contribution in [3.63, 3.8) is 0 Å². The normalized spacial score (nSPS) is 33.7. The number of hydrogen-bond donors (Lipinski definition) is 1. The summed E-state index contributed by atoms with van der Waals surface area (Å²) < 4.78 is 0. The molecule has 1 aliphatic rings. The number of carboxylic acid groups (broad SMARTS) is 1. The van der Waals surface area contributed by atoms with E-state index in [1.54, 1.807) is 11.8 Å². The highest BCUT2D eigenvalue weighted by Gasteiger charge is 2.27. The Hall–Kier alpha value is -0.180. The summed E-state index contributed by atoms with van der Waals surface area (Å²) in [6.45, 7) is 2.00. The summed E-state index contributed by atoms with van der Waals surface area (Å²) in [7, 11) is 0. The molecule has 0 aromatic heterocycles. The summed E-state index contributed by atoms with van der Waals surface area (Å²) in [5, 5.41) is 9.01. The van der Waals surface area contributed by atoms with Gasteiger partial charge >= 0.3 is 5.97 Å². The third-order valence-electron chi connectivity index (χ3n) is 1.92. The zero-order valence-corrected chi connectivity index (χ0v) is 6.86. The van der Waals surface area contributed by atoms with Crippen molar-refractivity contribution in [1.82, 2.24) is 0 Å². The lowest BCUT2D eigenvalue weighted by Gasteiger charge is -2.24. The molecule has 10 heavy (non-hydrogen) atoms. The lowest BCUT2D eigenvalue weighted by molar-refractivity contribution is -0.141. The van der Waals surface area contributed by atoms with Crippen LogP contribution in [0.2, 0.25) is 0 Å². The average molecular weight is 160 g/mol. The van der Waals surface area contributed by atoms with Gasteiger partial charge in [0.2, 0.25) is 0 Å². The Kier molecular flexibility index (Phi) is 2.60. The molecule has 58 valence electrons. The van der Waals surface area contributed by atoms with Gasteiger partial charge in [-0.1, -0.05) is 6.92 Å². The molecule has 1 heterocycles. The van der Waals surface area contributed by atoms with Gasteiger partial charge in [-0.05, 0) is 18.6 Å². The van der Waals surface area contributed by atoms with Gasteiger partial charge in [0, 0.05) is 5.25 Å². The van der Waals surface area contributed by atoms with E-state index in [0.717, 1.165) is 18.6 Å². The molecule has 0 spiro atoms. The molecule has 1 fully saturated rings. The maximum atomic E-state index is 10.6. The first kappa shape index (κ1) is 7.92. The summed E-state index contributed by atoms with van der Waals surface area (Å²) in [4.78, 5) is 10.6. The predicted molar refractivity (Wildman–Crippen MR) is 42.3 cm³/mol. The molecule has 1 rings (SSSR count).